The first-order valence-electron chi connectivity index (χ1n) is 12.9. The number of hydrogen-bond donors (Lipinski definition) is 1. The van der Waals surface area contributed by atoms with Gasteiger partial charge in [0.15, 0.2) is 0 Å². The van der Waals surface area contributed by atoms with Crippen LogP contribution in [0.5, 0.6) is 11.5 Å². The quantitative estimate of drug-likeness (QED) is 0.208. The van der Waals surface area contributed by atoms with Crippen LogP contribution in [-0.2, 0) is 16.1 Å². The number of ketones is 1. The van der Waals surface area contributed by atoms with Crippen molar-refractivity contribution >= 4 is 17.4 Å². The van der Waals surface area contributed by atoms with E-state index in [1.54, 1.807) is 42.7 Å². The molecular formula is C31H34N2O5. The van der Waals surface area contributed by atoms with E-state index in [2.05, 4.69) is 18.8 Å². The van der Waals surface area contributed by atoms with Crippen molar-refractivity contribution in [3.05, 3.63) is 94.8 Å². The highest BCUT2D eigenvalue weighted by Gasteiger charge is 2.46. The minimum absolute atomic E-state index is 0.0479. The Labute approximate surface area is 223 Å². The maximum Gasteiger partial charge on any atom is 0.295 e. The van der Waals surface area contributed by atoms with Crippen LogP contribution in [0.3, 0.4) is 0 Å². The third-order valence-electron chi connectivity index (χ3n) is 6.31. The summed E-state index contributed by atoms with van der Waals surface area (Å²) in [7, 11) is 0. The van der Waals surface area contributed by atoms with Gasteiger partial charge in [-0.2, -0.15) is 0 Å². The molecule has 1 amide bonds. The number of benzene rings is 2. The predicted octanol–water partition coefficient (Wildman–Crippen LogP) is 5.84. The first kappa shape index (κ1) is 26.9. The van der Waals surface area contributed by atoms with Gasteiger partial charge in [0.05, 0.1) is 24.8 Å². The standard InChI is InChI=1S/C31H34N2O5/c1-5-15-37-26-10-9-24(16-21(26)4)29(34)27-28(23-7-6-8-25(17-23)38-19-20(2)3)33(31(36)30(27)35)18-22-11-13-32-14-12-22/h6-14,16-17,20,28,34H,5,15,18-19H2,1-4H3/b29-27+. The van der Waals surface area contributed by atoms with E-state index in [-0.39, 0.29) is 17.9 Å². The molecule has 0 saturated carbocycles. The molecule has 1 aliphatic rings. The molecule has 1 saturated heterocycles. The number of aliphatic hydroxyl groups is 1. The lowest BCUT2D eigenvalue weighted by atomic mass is 9.94. The Bertz CT molecular complexity index is 1330. The molecule has 0 radical (unpaired) electrons. The normalized spacial score (nSPS) is 16.8. The number of nitrogens with zero attached hydrogens (tertiary/aromatic N) is 2. The van der Waals surface area contributed by atoms with Gasteiger partial charge in [-0.1, -0.05) is 32.9 Å². The number of pyridine rings is 1. The van der Waals surface area contributed by atoms with Crippen molar-refractivity contribution in [1.29, 1.82) is 0 Å². The molecule has 7 heteroatoms. The van der Waals surface area contributed by atoms with E-state index in [1.165, 1.54) is 4.90 Å². The van der Waals surface area contributed by atoms with Gasteiger partial charge < -0.3 is 19.5 Å². The Balaban J connectivity index is 1.80. The summed E-state index contributed by atoms with van der Waals surface area (Å²) in [4.78, 5) is 32.3. The average molecular weight is 515 g/mol. The molecule has 4 rings (SSSR count). The molecule has 0 bridgehead atoms. The fourth-order valence-electron chi connectivity index (χ4n) is 4.44. The van der Waals surface area contributed by atoms with Crippen LogP contribution in [-0.4, -0.2) is 39.9 Å². The Morgan fingerprint density at radius 3 is 2.50 bits per heavy atom. The lowest BCUT2D eigenvalue weighted by Crippen LogP contribution is -2.29. The maximum atomic E-state index is 13.4. The Hall–Kier alpha value is -4.13. The molecule has 1 aromatic heterocycles. The summed E-state index contributed by atoms with van der Waals surface area (Å²) in [5.74, 6) is 0.0836. The van der Waals surface area contributed by atoms with Crippen molar-refractivity contribution in [3.8, 4) is 11.5 Å². The Morgan fingerprint density at radius 2 is 1.82 bits per heavy atom. The molecule has 0 aliphatic carbocycles. The summed E-state index contributed by atoms with van der Waals surface area (Å²) in [6, 6.07) is 15.4. The first-order valence-corrected chi connectivity index (χ1v) is 12.9. The first-order chi connectivity index (χ1) is 18.3. The lowest BCUT2D eigenvalue weighted by Gasteiger charge is -2.26. The summed E-state index contributed by atoms with van der Waals surface area (Å²) in [5, 5.41) is 11.5. The van der Waals surface area contributed by atoms with Gasteiger partial charge in [0, 0.05) is 24.5 Å². The zero-order valence-corrected chi connectivity index (χ0v) is 22.3. The molecule has 0 spiro atoms. The number of carbonyl (C=O) groups excluding carboxylic acids is 2. The molecule has 198 valence electrons. The molecule has 2 aromatic carbocycles. The Morgan fingerprint density at radius 1 is 1.05 bits per heavy atom. The topological polar surface area (TPSA) is 89.0 Å². The number of aliphatic hydroxyl groups excluding tert-OH is 1. The molecule has 7 nitrogen and oxygen atoms in total. The van der Waals surface area contributed by atoms with Crippen LogP contribution in [0.2, 0.25) is 0 Å². The summed E-state index contributed by atoms with van der Waals surface area (Å²) in [6.45, 7) is 9.35. The van der Waals surface area contributed by atoms with E-state index in [0.717, 1.165) is 17.5 Å². The van der Waals surface area contributed by atoms with Crippen LogP contribution >= 0.6 is 0 Å². The van der Waals surface area contributed by atoms with Gasteiger partial charge in [-0.25, -0.2) is 0 Å². The molecule has 1 unspecified atom stereocenters. The molecule has 1 aliphatic heterocycles. The van der Waals surface area contributed by atoms with Gasteiger partial charge in [0.1, 0.15) is 17.3 Å². The summed E-state index contributed by atoms with van der Waals surface area (Å²) < 4.78 is 11.7. The zero-order valence-electron chi connectivity index (χ0n) is 22.3. The number of aromatic nitrogens is 1. The Kier molecular flexibility index (Phi) is 8.46. The van der Waals surface area contributed by atoms with Crippen molar-refractivity contribution in [1.82, 2.24) is 9.88 Å². The zero-order chi connectivity index (χ0) is 27.2. The number of Topliss-reactive ketones (excluding diaryl/α,β-unsaturated/α-hetero) is 1. The summed E-state index contributed by atoms with van der Waals surface area (Å²) in [6.07, 6.45) is 4.17. The highest BCUT2D eigenvalue weighted by molar-refractivity contribution is 6.46. The van der Waals surface area contributed by atoms with Gasteiger partial charge in [-0.3, -0.25) is 14.6 Å². The van der Waals surface area contributed by atoms with E-state index in [4.69, 9.17) is 9.47 Å². The summed E-state index contributed by atoms with van der Waals surface area (Å²) in [5.41, 5.74) is 2.83. The van der Waals surface area contributed by atoms with Crippen molar-refractivity contribution < 1.29 is 24.2 Å². The van der Waals surface area contributed by atoms with E-state index in [1.807, 2.05) is 38.1 Å². The smallest absolute Gasteiger partial charge is 0.295 e. The van der Waals surface area contributed by atoms with Gasteiger partial charge in [-0.05, 0) is 78.4 Å². The molecule has 1 atom stereocenters. The monoisotopic (exact) mass is 514 g/mol. The van der Waals surface area contributed by atoms with Crippen molar-refractivity contribution in [3.63, 3.8) is 0 Å². The van der Waals surface area contributed by atoms with Gasteiger partial charge in [0.25, 0.3) is 11.7 Å². The molecule has 3 aromatic rings. The second kappa shape index (κ2) is 11.9. The fraction of sp³-hybridized carbons (Fsp3) is 0.323. The van der Waals surface area contributed by atoms with Crippen LogP contribution in [0.4, 0.5) is 0 Å². The number of likely N-dealkylation sites (tertiary alicyclic amines) is 1. The minimum atomic E-state index is -0.790. The van der Waals surface area contributed by atoms with E-state index in [9.17, 15) is 14.7 Å². The third-order valence-corrected chi connectivity index (χ3v) is 6.31. The SMILES string of the molecule is CCCOc1ccc(/C(O)=C2\C(=O)C(=O)N(Cc3ccncc3)C2c2cccc(OCC(C)C)c2)cc1C. The van der Waals surface area contributed by atoms with Crippen LogP contribution < -0.4 is 9.47 Å². The molecule has 2 heterocycles. The fourth-order valence-corrected chi connectivity index (χ4v) is 4.44. The number of aryl methyl sites for hydroxylation is 1. The highest BCUT2D eigenvalue weighted by atomic mass is 16.5. The summed E-state index contributed by atoms with van der Waals surface area (Å²) >= 11 is 0. The van der Waals surface area contributed by atoms with Gasteiger partial charge in [-0.15, -0.1) is 0 Å². The van der Waals surface area contributed by atoms with E-state index < -0.39 is 17.7 Å². The van der Waals surface area contributed by atoms with E-state index in [0.29, 0.717) is 41.8 Å². The number of amides is 1. The van der Waals surface area contributed by atoms with Crippen molar-refractivity contribution in [2.75, 3.05) is 13.2 Å². The van der Waals surface area contributed by atoms with Crippen LogP contribution in [0.15, 0.2) is 72.6 Å². The molecule has 1 fully saturated rings. The van der Waals surface area contributed by atoms with Crippen LogP contribution in [0.1, 0.15) is 55.5 Å². The van der Waals surface area contributed by atoms with Gasteiger partial charge >= 0.3 is 0 Å². The third kappa shape index (κ3) is 5.88. The maximum absolute atomic E-state index is 13.4. The number of ether oxygens (including phenoxy) is 2. The molecule has 38 heavy (non-hydrogen) atoms. The largest absolute Gasteiger partial charge is 0.507 e. The number of hydrogen-bond acceptors (Lipinski definition) is 6. The number of rotatable bonds is 10. The highest BCUT2D eigenvalue weighted by Crippen LogP contribution is 2.41. The predicted molar refractivity (Wildman–Crippen MR) is 146 cm³/mol. The number of carbonyl (C=O) groups is 2. The molecule has 1 N–H and O–H groups in total. The van der Waals surface area contributed by atoms with Crippen molar-refractivity contribution in [2.45, 2.75) is 46.7 Å². The minimum Gasteiger partial charge on any atom is -0.507 e. The molecular weight excluding hydrogens is 480 g/mol. The van der Waals surface area contributed by atoms with Crippen LogP contribution in [0, 0.1) is 12.8 Å². The average Bonchev–Trinajstić information content (AvgIpc) is 3.16. The van der Waals surface area contributed by atoms with Crippen LogP contribution in [0.25, 0.3) is 5.76 Å². The van der Waals surface area contributed by atoms with Gasteiger partial charge in [0.2, 0.25) is 0 Å². The second-order valence-electron chi connectivity index (χ2n) is 9.89. The van der Waals surface area contributed by atoms with E-state index >= 15 is 0 Å². The second-order valence-corrected chi connectivity index (χ2v) is 9.89. The lowest BCUT2D eigenvalue weighted by molar-refractivity contribution is -0.140. The van der Waals surface area contributed by atoms with Crippen molar-refractivity contribution in [2.24, 2.45) is 5.92 Å².